The molecule has 0 aliphatic heterocycles. The van der Waals surface area contributed by atoms with Crippen molar-refractivity contribution in [2.24, 2.45) is 0 Å². The molecule has 0 aliphatic rings. The van der Waals surface area contributed by atoms with E-state index in [1.807, 2.05) is 0 Å². The smallest absolute Gasteiger partial charge is 0.306 e. The average molecular weight is 691 g/mol. The molecule has 0 heterocycles. The Morgan fingerprint density at radius 1 is 0.449 bits per heavy atom. The molecule has 0 aromatic carbocycles. The Morgan fingerprint density at radius 2 is 0.755 bits per heavy atom. The lowest BCUT2D eigenvalue weighted by atomic mass is 10.1. The molecule has 1 N–H and O–H groups in total. The van der Waals surface area contributed by atoms with Gasteiger partial charge in [-0.05, 0) is 64.2 Å². The number of aliphatic hydroxyl groups excluding tert-OH is 1. The number of aliphatic hydroxyl groups is 1. The van der Waals surface area contributed by atoms with Gasteiger partial charge >= 0.3 is 11.9 Å². The number of esters is 2. The van der Waals surface area contributed by atoms with Gasteiger partial charge in [-0.25, -0.2) is 0 Å². The summed E-state index contributed by atoms with van der Waals surface area (Å²) >= 11 is 0. The lowest BCUT2D eigenvalue weighted by Crippen LogP contribution is -2.28. The van der Waals surface area contributed by atoms with Crippen LogP contribution in [0.15, 0.2) is 24.3 Å². The Balaban J connectivity index is 3.52. The quantitative estimate of drug-likeness (QED) is 0.0395. The van der Waals surface area contributed by atoms with Gasteiger partial charge in [-0.2, -0.15) is 0 Å². The Hall–Kier alpha value is -1.62. The topological polar surface area (TPSA) is 72.8 Å². The van der Waals surface area contributed by atoms with Gasteiger partial charge in [-0.1, -0.05) is 173 Å². The number of hydrogen-bond donors (Lipinski definition) is 1. The van der Waals surface area contributed by atoms with Crippen molar-refractivity contribution in [3.8, 4) is 0 Å². The van der Waals surface area contributed by atoms with Crippen LogP contribution in [0.5, 0.6) is 0 Å². The second-order valence-corrected chi connectivity index (χ2v) is 14.4. The molecule has 0 rings (SSSR count). The number of carbonyl (C=O) groups excluding carboxylic acids is 2. The third-order valence-electron chi connectivity index (χ3n) is 9.47. The van der Waals surface area contributed by atoms with Gasteiger partial charge in [0.2, 0.25) is 0 Å². The monoisotopic (exact) mass is 691 g/mol. The average Bonchev–Trinajstić information content (AvgIpc) is 3.10. The Morgan fingerprint density at radius 3 is 1.10 bits per heavy atom. The van der Waals surface area contributed by atoms with Gasteiger partial charge in [0.25, 0.3) is 0 Å². The first kappa shape index (κ1) is 47.4. The maximum Gasteiger partial charge on any atom is 0.306 e. The lowest BCUT2D eigenvalue weighted by molar-refractivity contribution is -0.161. The van der Waals surface area contributed by atoms with Crippen molar-refractivity contribution in [2.45, 2.75) is 232 Å². The van der Waals surface area contributed by atoms with Crippen LogP contribution >= 0.6 is 0 Å². The molecule has 5 nitrogen and oxygen atoms in total. The summed E-state index contributed by atoms with van der Waals surface area (Å²) in [5, 5.41) is 9.57. The van der Waals surface area contributed by atoms with Crippen LogP contribution in [0, 0.1) is 0 Å². The maximum atomic E-state index is 12.2. The number of rotatable bonds is 39. The van der Waals surface area contributed by atoms with Gasteiger partial charge in [0.15, 0.2) is 6.10 Å². The fourth-order valence-corrected chi connectivity index (χ4v) is 6.19. The molecule has 0 aromatic rings. The Labute approximate surface area is 304 Å². The molecule has 0 bridgehead atoms. The van der Waals surface area contributed by atoms with Gasteiger partial charge in [0, 0.05) is 12.8 Å². The van der Waals surface area contributed by atoms with Crippen LogP contribution in [0.25, 0.3) is 0 Å². The van der Waals surface area contributed by atoms with E-state index in [0.29, 0.717) is 12.8 Å². The van der Waals surface area contributed by atoms with E-state index < -0.39 is 6.10 Å². The Kier molecular flexibility index (Phi) is 39.5. The molecule has 0 amide bonds. The van der Waals surface area contributed by atoms with E-state index >= 15 is 0 Å². The number of allylic oxidation sites excluding steroid dienone is 4. The van der Waals surface area contributed by atoms with E-state index in [0.717, 1.165) is 44.9 Å². The van der Waals surface area contributed by atoms with Crippen LogP contribution in [0.2, 0.25) is 0 Å². The summed E-state index contributed by atoms with van der Waals surface area (Å²) in [6.45, 7) is 4.13. The molecule has 0 spiro atoms. The third kappa shape index (κ3) is 39.0. The first-order chi connectivity index (χ1) is 24.1. The molecule has 49 heavy (non-hydrogen) atoms. The third-order valence-corrected chi connectivity index (χ3v) is 9.47. The summed E-state index contributed by atoms with van der Waals surface area (Å²) in [5.74, 6) is -0.596. The maximum absolute atomic E-state index is 12.2. The highest BCUT2D eigenvalue weighted by atomic mass is 16.6. The van der Waals surface area contributed by atoms with Crippen molar-refractivity contribution in [1.29, 1.82) is 0 Å². The van der Waals surface area contributed by atoms with Crippen LogP contribution in [-0.2, 0) is 19.1 Å². The van der Waals surface area contributed by atoms with Crippen LogP contribution in [0.3, 0.4) is 0 Å². The van der Waals surface area contributed by atoms with Crippen molar-refractivity contribution in [2.75, 3.05) is 13.2 Å². The van der Waals surface area contributed by atoms with Gasteiger partial charge < -0.3 is 14.6 Å². The highest BCUT2D eigenvalue weighted by Crippen LogP contribution is 2.14. The van der Waals surface area contributed by atoms with Crippen molar-refractivity contribution in [3.05, 3.63) is 24.3 Å². The molecule has 1 unspecified atom stereocenters. The second-order valence-electron chi connectivity index (χ2n) is 14.4. The minimum absolute atomic E-state index is 0.0678. The predicted molar refractivity (Wildman–Crippen MR) is 210 cm³/mol. The summed E-state index contributed by atoms with van der Waals surface area (Å²) in [6, 6.07) is 0. The zero-order chi connectivity index (χ0) is 35.7. The van der Waals surface area contributed by atoms with Crippen LogP contribution in [-0.4, -0.2) is 36.4 Å². The van der Waals surface area contributed by atoms with Crippen molar-refractivity contribution >= 4 is 11.9 Å². The number of carbonyl (C=O) groups is 2. The summed E-state index contributed by atoms with van der Waals surface area (Å²) in [5.41, 5.74) is 0. The van der Waals surface area contributed by atoms with E-state index in [4.69, 9.17) is 9.47 Å². The van der Waals surface area contributed by atoms with E-state index in [1.54, 1.807) is 0 Å². The van der Waals surface area contributed by atoms with E-state index in [2.05, 4.69) is 38.2 Å². The molecule has 0 fully saturated rings. The SMILES string of the molecule is CCCCCCC/C=C\CCCCCCCC(=O)OCC(CO)OC(=O)CCCCCCCCCCC/C=C\CCCCCCCCCC. The number of hydrogen-bond acceptors (Lipinski definition) is 5. The summed E-state index contributed by atoms with van der Waals surface area (Å²) < 4.78 is 10.6. The number of unbranched alkanes of at least 4 members (excludes halogenated alkanes) is 27. The molecule has 5 heteroatoms. The summed E-state index contributed by atoms with van der Waals surface area (Å²) in [6.07, 6.45) is 48.2. The zero-order valence-electron chi connectivity index (χ0n) is 32.7. The minimum atomic E-state index is -0.772. The van der Waals surface area contributed by atoms with Gasteiger partial charge in [0.05, 0.1) is 6.61 Å². The van der Waals surface area contributed by atoms with E-state index in [-0.39, 0.29) is 25.2 Å². The minimum Gasteiger partial charge on any atom is -0.462 e. The molecule has 0 aromatic heterocycles. The molecular formula is C44H82O5. The predicted octanol–water partition coefficient (Wildman–Crippen LogP) is 13.5. The van der Waals surface area contributed by atoms with E-state index in [1.165, 1.54) is 154 Å². The number of ether oxygens (including phenoxy) is 2. The van der Waals surface area contributed by atoms with Crippen molar-refractivity contribution in [3.63, 3.8) is 0 Å². The van der Waals surface area contributed by atoms with Gasteiger partial charge in [0.1, 0.15) is 6.61 Å². The fraction of sp³-hybridized carbons (Fsp3) is 0.864. The second kappa shape index (κ2) is 40.8. The molecule has 0 aliphatic carbocycles. The van der Waals surface area contributed by atoms with Gasteiger partial charge in [-0.3, -0.25) is 9.59 Å². The molecule has 288 valence electrons. The standard InChI is InChI=1S/C44H82O5/c1-3-5-7-9-11-13-15-17-19-20-21-22-23-24-25-27-29-31-33-35-37-39-44(47)49-42(40-45)41-48-43(46)38-36-34-32-30-28-26-18-16-14-12-10-8-6-4-2/h16,18,20-21,42,45H,3-15,17,19,22-41H2,1-2H3/b18-16-,21-20-. The molecular weight excluding hydrogens is 608 g/mol. The zero-order valence-corrected chi connectivity index (χ0v) is 32.7. The fourth-order valence-electron chi connectivity index (χ4n) is 6.19. The molecule has 0 saturated heterocycles. The van der Waals surface area contributed by atoms with Crippen molar-refractivity contribution in [1.82, 2.24) is 0 Å². The van der Waals surface area contributed by atoms with E-state index in [9.17, 15) is 14.7 Å². The van der Waals surface area contributed by atoms with Crippen LogP contribution < -0.4 is 0 Å². The first-order valence-corrected chi connectivity index (χ1v) is 21.4. The first-order valence-electron chi connectivity index (χ1n) is 21.4. The summed E-state index contributed by atoms with van der Waals surface area (Å²) in [7, 11) is 0. The largest absolute Gasteiger partial charge is 0.462 e. The lowest BCUT2D eigenvalue weighted by Gasteiger charge is -2.15. The normalized spacial score (nSPS) is 12.3. The van der Waals surface area contributed by atoms with Gasteiger partial charge in [-0.15, -0.1) is 0 Å². The Bertz CT molecular complexity index is 746. The van der Waals surface area contributed by atoms with Crippen LogP contribution in [0.4, 0.5) is 0 Å². The summed E-state index contributed by atoms with van der Waals surface area (Å²) in [4.78, 5) is 24.3. The highest BCUT2D eigenvalue weighted by Gasteiger charge is 2.16. The van der Waals surface area contributed by atoms with Crippen LogP contribution in [0.1, 0.15) is 226 Å². The molecule has 0 saturated carbocycles. The van der Waals surface area contributed by atoms with Crippen molar-refractivity contribution < 1.29 is 24.2 Å². The molecule has 1 atom stereocenters. The molecule has 0 radical (unpaired) electrons. The highest BCUT2D eigenvalue weighted by molar-refractivity contribution is 5.70.